The largest absolute Gasteiger partial charge is 0.496 e. The van der Waals surface area contributed by atoms with E-state index in [4.69, 9.17) is 4.74 Å². The van der Waals surface area contributed by atoms with Crippen LogP contribution in [-0.4, -0.2) is 53.3 Å². The summed E-state index contributed by atoms with van der Waals surface area (Å²) in [5.74, 6) is 0.732. The van der Waals surface area contributed by atoms with Crippen LogP contribution in [0.1, 0.15) is 36.1 Å². The molecule has 1 aliphatic heterocycles. The van der Waals surface area contributed by atoms with E-state index in [0.717, 1.165) is 35.4 Å². The number of aryl methyl sites for hydroxylation is 1. The van der Waals surface area contributed by atoms with E-state index in [9.17, 15) is 9.59 Å². The molecule has 1 atom stereocenters. The van der Waals surface area contributed by atoms with E-state index >= 15 is 0 Å². The first-order chi connectivity index (χ1) is 11.4. The Morgan fingerprint density at radius 2 is 2.12 bits per heavy atom. The summed E-state index contributed by atoms with van der Waals surface area (Å²) in [6.07, 6.45) is 4.26. The Hall–Kier alpha value is -2.11. The normalized spacial score (nSPS) is 20.4. The third-order valence-electron chi connectivity index (χ3n) is 5.01. The number of likely N-dealkylation sites (tertiary alicyclic amines) is 1. The maximum absolute atomic E-state index is 12.7. The zero-order valence-corrected chi connectivity index (χ0v) is 14.8. The summed E-state index contributed by atoms with van der Waals surface area (Å²) >= 11 is 0. The van der Waals surface area contributed by atoms with Crippen LogP contribution in [0.5, 0.6) is 5.75 Å². The first kappa shape index (κ1) is 16.7. The Morgan fingerprint density at radius 1 is 1.42 bits per heavy atom. The van der Waals surface area contributed by atoms with Crippen molar-refractivity contribution in [1.29, 1.82) is 0 Å². The Balaban J connectivity index is 1.68. The van der Waals surface area contributed by atoms with Crippen molar-refractivity contribution in [1.82, 2.24) is 14.8 Å². The Labute approximate surface area is 142 Å². The second kappa shape index (κ2) is 6.42. The lowest BCUT2D eigenvalue weighted by Gasteiger charge is -2.22. The van der Waals surface area contributed by atoms with E-state index in [1.54, 1.807) is 25.3 Å². The Kier molecular flexibility index (Phi) is 4.47. The van der Waals surface area contributed by atoms with Gasteiger partial charge in [-0.05, 0) is 26.7 Å². The number of ether oxygens (including phenoxy) is 1. The summed E-state index contributed by atoms with van der Waals surface area (Å²) in [5.41, 5.74) is 2.77. The summed E-state index contributed by atoms with van der Waals surface area (Å²) in [5, 5.41) is 0. The van der Waals surface area contributed by atoms with E-state index in [1.807, 2.05) is 18.7 Å². The predicted octanol–water partition coefficient (Wildman–Crippen LogP) is 1.68. The van der Waals surface area contributed by atoms with Crippen LogP contribution in [0.3, 0.4) is 0 Å². The maximum Gasteiger partial charge on any atom is 0.228 e. The SMILES string of the molecule is COc1c(C)cnc(CN(C)C(=O)[C@@H]2CC(=O)N(C3CC3)C2)c1C. The van der Waals surface area contributed by atoms with Crippen LogP contribution in [0.25, 0.3) is 0 Å². The number of methoxy groups -OCH3 is 1. The molecule has 0 unspecified atom stereocenters. The molecule has 2 heterocycles. The van der Waals surface area contributed by atoms with Gasteiger partial charge in [-0.15, -0.1) is 0 Å². The molecular weight excluding hydrogens is 306 g/mol. The zero-order valence-electron chi connectivity index (χ0n) is 14.8. The van der Waals surface area contributed by atoms with Gasteiger partial charge in [-0.3, -0.25) is 14.6 Å². The predicted molar refractivity (Wildman–Crippen MR) is 89.6 cm³/mol. The van der Waals surface area contributed by atoms with Gasteiger partial charge in [0, 0.05) is 43.4 Å². The molecule has 2 aliphatic rings. The molecular formula is C18H25N3O3. The first-order valence-corrected chi connectivity index (χ1v) is 8.45. The topological polar surface area (TPSA) is 62.7 Å². The zero-order chi connectivity index (χ0) is 17.4. The Morgan fingerprint density at radius 3 is 2.75 bits per heavy atom. The van der Waals surface area contributed by atoms with E-state index < -0.39 is 0 Å². The number of nitrogens with zero attached hydrogens (tertiary/aromatic N) is 3. The molecule has 3 rings (SSSR count). The van der Waals surface area contributed by atoms with Gasteiger partial charge in [0.15, 0.2) is 0 Å². The molecule has 0 N–H and O–H groups in total. The average molecular weight is 331 g/mol. The van der Waals surface area contributed by atoms with Gasteiger partial charge in [-0.1, -0.05) is 0 Å². The summed E-state index contributed by atoms with van der Waals surface area (Å²) < 4.78 is 5.42. The van der Waals surface area contributed by atoms with E-state index in [-0.39, 0.29) is 17.7 Å². The minimum Gasteiger partial charge on any atom is -0.496 e. The molecule has 1 aliphatic carbocycles. The quantitative estimate of drug-likeness (QED) is 0.823. The number of carbonyl (C=O) groups is 2. The molecule has 6 heteroatoms. The third-order valence-corrected chi connectivity index (χ3v) is 5.01. The molecule has 0 spiro atoms. The molecule has 24 heavy (non-hydrogen) atoms. The first-order valence-electron chi connectivity index (χ1n) is 8.45. The molecule has 6 nitrogen and oxygen atoms in total. The number of pyridine rings is 1. The monoisotopic (exact) mass is 331 g/mol. The summed E-state index contributed by atoms with van der Waals surface area (Å²) in [6.45, 7) is 4.90. The molecule has 0 bridgehead atoms. The minimum absolute atomic E-state index is 0.0206. The van der Waals surface area contributed by atoms with Gasteiger partial charge in [-0.2, -0.15) is 0 Å². The molecule has 2 amide bonds. The summed E-state index contributed by atoms with van der Waals surface area (Å²) in [7, 11) is 3.42. The van der Waals surface area contributed by atoms with Crippen LogP contribution >= 0.6 is 0 Å². The van der Waals surface area contributed by atoms with Crippen molar-refractivity contribution < 1.29 is 14.3 Å². The van der Waals surface area contributed by atoms with Crippen molar-refractivity contribution in [3.8, 4) is 5.75 Å². The molecule has 1 saturated carbocycles. The van der Waals surface area contributed by atoms with Crippen molar-refractivity contribution in [2.45, 2.75) is 45.7 Å². The number of carbonyl (C=O) groups excluding carboxylic acids is 2. The lowest BCUT2D eigenvalue weighted by Crippen LogP contribution is -2.35. The standard InChI is InChI=1S/C18H25N3O3/c1-11-8-19-15(12(2)17(11)24-4)10-20(3)18(23)13-7-16(22)21(9-13)14-5-6-14/h8,13-14H,5-7,9-10H2,1-4H3/t13-/m1/s1. The number of aromatic nitrogens is 1. The molecule has 2 fully saturated rings. The smallest absolute Gasteiger partial charge is 0.228 e. The summed E-state index contributed by atoms with van der Waals surface area (Å²) in [4.78, 5) is 32.8. The fourth-order valence-corrected chi connectivity index (χ4v) is 3.48. The molecule has 1 saturated heterocycles. The van der Waals surface area contributed by atoms with Crippen LogP contribution in [0.4, 0.5) is 0 Å². The van der Waals surface area contributed by atoms with E-state index in [2.05, 4.69) is 4.98 Å². The fraction of sp³-hybridized carbons (Fsp3) is 0.611. The fourth-order valence-electron chi connectivity index (χ4n) is 3.48. The van der Waals surface area contributed by atoms with Crippen molar-refractivity contribution in [3.05, 3.63) is 23.0 Å². The molecule has 0 aromatic carbocycles. The average Bonchev–Trinajstić information content (AvgIpc) is 3.32. The van der Waals surface area contributed by atoms with Gasteiger partial charge >= 0.3 is 0 Å². The maximum atomic E-state index is 12.7. The van der Waals surface area contributed by atoms with Crippen LogP contribution in [0.15, 0.2) is 6.20 Å². The number of hydrogen-bond donors (Lipinski definition) is 0. The van der Waals surface area contributed by atoms with Crippen molar-refractivity contribution in [2.75, 3.05) is 20.7 Å². The van der Waals surface area contributed by atoms with Crippen LogP contribution in [0.2, 0.25) is 0 Å². The van der Waals surface area contributed by atoms with Crippen LogP contribution in [0, 0.1) is 19.8 Å². The number of hydrogen-bond acceptors (Lipinski definition) is 4. The van der Waals surface area contributed by atoms with Crippen molar-refractivity contribution >= 4 is 11.8 Å². The second-order valence-electron chi connectivity index (χ2n) is 6.92. The highest BCUT2D eigenvalue weighted by Gasteiger charge is 2.42. The van der Waals surface area contributed by atoms with Gasteiger partial charge in [0.2, 0.25) is 11.8 Å². The van der Waals surface area contributed by atoms with E-state index in [0.29, 0.717) is 25.6 Å². The molecule has 0 radical (unpaired) electrons. The highest BCUT2D eigenvalue weighted by atomic mass is 16.5. The highest BCUT2D eigenvalue weighted by Crippen LogP contribution is 2.33. The molecule has 130 valence electrons. The van der Waals surface area contributed by atoms with Crippen molar-refractivity contribution in [2.24, 2.45) is 5.92 Å². The number of amides is 2. The molecule has 1 aromatic rings. The van der Waals surface area contributed by atoms with E-state index in [1.165, 1.54) is 0 Å². The van der Waals surface area contributed by atoms with Gasteiger partial charge in [0.1, 0.15) is 5.75 Å². The highest BCUT2D eigenvalue weighted by molar-refractivity contribution is 5.89. The minimum atomic E-state index is -0.226. The Bertz CT molecular complexity index is 670. The van der Waals surface area contributed by atoms with Crippen LogP contribution < -0.4 is 4.74 Å². The van der Waals surface area contributed by atoms with Crippen LogP contribution in [-0.2, 0) is 16.1 Å². The lowest BCUT2D eigenvalue weighted by molar-refractivity contribution is -0.135. The van der Waals surface area contributed by atoms with Gasteiger partial charge in [0.05, 0.1) is 25.3 Å². The number of rotatable bonds is 5. The molecule has 1 aromatic heterocycles. The van der Waals surface area contributed by atoms with Gasteiger partial charge < -0.3 is 14.5 Å². The van der Waals surface area contributed by atoms with Gasteiger partial charge in [0.25, 0.3) is 0 Å². The van der Waals surface area contributed by atoms with Crippen molar-refractivity contribution in [3.63, 3.8) is 0 Å². The van der Waals surface area contributed by atoms with Gasteiger partial charge in [-0.25, -0.2) is 0 Å². The lowest BCUT2D eigenvalue weighted by atomic mass is 10.1. The third kappa shape index (κ3) is 3.09. The summed E-state index contributed by atoms with van der Waals surface area (Å²) in [6, 6.07) is 0.380. The second-order valence-corrected chi connectivity index (χ2v) is 6.92.